The predicted octanol–water partition coefficient (Wildman–Crippen LogP) is 2.93. The lowest BCUT2D eigenvalue weighted by molar-refractivity contribution is 0.346. The van der Waals surface area contributed by atoms with Crippen LogP contribution < -0.4 is 0 Å². The molecule has 2 unspecified atom stereocenters. The summed E-state index contributed by atoms with van der Waals surface area (Å²) in [6.45, 7) is 9.17. The SMILES string of the molecule is CCN1CCC(c2nc(Cl)c3n2CC(C)CC3)C1. The average molecular weight is 268 g/mol. The number of hydrogen-bond acceptors (Lipinski definition) is 2. The van der Waals surface area contributed by atoms with Crippen molar-refractivity contribution in [1.82, 2.24) is 14.5 Å². The minimum Gasteiger partial charge on any atom is -0.330 e. The van der Waals surface area contributed by atoms with Gasteiger partial charge in [-0.25, -0.2) is 4.98 Å². The molecule has 18 heavy (non-hydrogen) atoms. The van der Waals surface area contributed by atoms with Crippen LogP contribution in [0.25, 0.3) is 0 Å². The van der Waals surface area contributed by atoms with Crippen molar-refractivity contribution in [2.75, 3.05) is 19.6 Å². The van der Waals surface area contributed by atoms with Gasteiger partial charge in [0.15, 0.2) is 5.15 Å². The molecular weight excluding hydrogens is 246 g/mol. The Kier molecular flexibility index (Phi) is 3.37. The summed E-state index contributed by atoms with van der Waals surface area (Å²) in [6.07, 6.45) is 3.57. The molecule has 1 saturated heterocycles. The average Bonchev–Trinajstić information content (AvgIpc) is 2.94. The molecule has 3 rings (SSSR count). The molecular formula is C14H22ClN3. The number of likely N-dealkylation sites (tertiary alicyclic amines) is 1. The zero-order valence-electron chi connectivity index (χ0n) is 11.3. The van der Waals surface area contributed by atoms with E-state index in [0.29, 0.717) is 5.92 Å². The first-order valence-electron chi connectivity index (χ1n) is 7.16. The largest absolute Gasteiger partial charge is 0.330 e. The third kappa shape index (κ3) is 2.08. The molecule has 0 N–H and O–H groups in total. The zero-order chi connectivity index (χ0) is 12.7. The number of imidazole rings is 1. The Labute approximate surface area is 114 Å². The second-order valence-corrected chi connectivity index (χ2v) is 6.20. The van der Waals surface area contributed by atoms with Crippen LogP contribution in [0.3, 0.4) is 0 Å². The maximum atomic E-state index is 6.31. The third-order valence-corrected chi connectivity index (χ3v) is 4.81. The molecule has 0 radical (unpaired) electrons. The minimum absolute atomic E-state index is 0.585. The number of nitrogens with zero attached hydrogens (tertiary/aromatic N) is 3. The van der Waals surface area contributed by atoms with Gasteiger partial charge in [0.25, 0.3) is 0 Å². The maximum absolute atomic E-state index is 6.31. The number of aromatic nitrogens is 2. The van der Waals surface area contributed by atoms with Crippen LogP contribution in [0.1, 0.15) is 44.1 Å². The lowest BCUT2D eigenvalue weighted by Gasteiger charge is -2.24. The summed E-state index contributed by atoms with van der Waals surface area (Å²) in [5.41, 5.74) is 1.28. The van der Waals surface area contributed by atoms with Crippen LogP contribution >= 0.6 is 11.6 Å². The lowest BCUT2D eigenvalue weighted by Crippen LogP contribution is -2.23. The number of hydrogen-bond donors (Lipinski definition) is 0. The van der Waals surface area contributed by atoms with Gasteiger partial charge in [-0.05, 0) is 38.3 Å². The lowest BCUT2D eigenvalue weighted by atomic mass is 9.99. The zero-order valence-corrected chi connectivity index (χ0v) is 12.1. The Bertz CT molecular complexity index is 440. The van der Waals surface area contributed by atoms with Crippen molar-refractivity contribution in [1.29, 1.82) is 0 Å². The molecule has 2 atom stereocenters. The Morgan fingerprint density at radius 2 is 2.17 bits per heavy atom. The predicted molar refractivity (Wildman–Crippen MR) is 74.2 cm³/mol. The highest BCUT2D eigenvalue weighted by Crippen LogP contribution is 2.33. The Balaban J connectivity index is 1.89. The van der Waals surface area contributed by atoms with Crippen molar-refractivity contribution in [3.63, 3.8) is 0 Å². The van der Waals surface area contributed by atoms with E-state index in [1.807, 2.05) is 0 Å². The number of halogens is 1. The van der Waals surface area contributed by atoms with Crippen molar-refractivity contribution in [3.05, 3.63) is 16.7 Å². The highest BCUT2D eigenvalue weighted by Gasteiger charge is 2.30. The van der Waals surface area contributed by atoms with E-state index in [1.54, 1.807) is 0 Å². The van der Waals surface area contributed by atoms with Gasteiger partial charge in [0, 0.05) is 19.0 Å². The molecule has 1 aromatic heterocycles. The van der Waals surface area contributed by atoms with Gasteiger partial charge < -0.3 is 9.47 Å². The van der Waals surface area contributed by atoms with Crippen LogP contribution in [-0.2, 0) is 13.0 Å². The molecule has 0 aromatic carbocycles. The van der Waals surface area contributed by atoms with Crippen LogP contribution in [0.4, 0.5) is 0 Å². The van der Waals surface area contributed by atoms with E-state index in [0.717, 1.165) is 37.1 Å². The molecule has 1 aromatic rings. The van der Waals surface area contributed by atoms with Gasteiger partial charge in [-0.2, -0.15) is 0 Å². The maximum Gasteiger partial charge on any atom is 0.150 e. The molecule has 3 heterocycles. The molecule has 0 saturated carbocycles. The molecule has 0 spiro atoms. The van der Waals surface area contributed by atoms with Crippen LogP contribution in [0.5, 0.6) is 0 Å². The van der Waals surface area contributed by atoms with Crippen LogP contribution in [0.15, 0.2) is 0 Å². The van der Waals surface area contributed by atoms with E-state index in [1.165, 1.54) is 30.9 Å². The van der Waals surface area contributed by atoms with E-state index >= 15 is 0 Å². The molecule has 2 aliphatic heterocycles. The van der Waals surface area contributed by atoms with E-state index in [-0.39, 0.29) is 0 Å². The first-order chi connectivity index (χ1) is 8.69. The molecule has 4 heteroatoms. The summed E-state index contributed by atoms with van der Waals surface area (Å²) in [4.78, 5) is 7.19. The Morgan fingerprint density at radius 1 is 1.33 bits per heavy atom. The van der Waals surface area contributed by atoms with Crippen molar-refractivity contribution in [3.8, 4) is 0 Å². The van der Waals surface area contributed by atoms with Crippen molar-refractivity contribution < 1.29 is 0 Å². The fraction of sp³-hybridized carbons (Fsp3) is 0.786. The third-order valence-electron chi connectivity index (χ3n) is 4.51. The van der Waals surface area contributed by atoms with E-state index in [4.69, 9.17) is 11.6 Å². The minimum atomic E-state index is 0.585. The van der Waals surface area contributed by atoms with Gasteiger partial charge in [0.05, 0.1) is 5.69 Å². The van der Waals surface area contributed by atoms with Gasteiger partial charge >= 0.3 is 0 Å². The summed E-state index contributed by atoms with van der Waals surface area (Å²) in [5.74, 6) is 2.59. The Morgan fingerprint density at radius 3 is 2.89 bits per heavy atom. The standard InChI is InChI=1S/C14H22ClN3/c1-3-17-7-6-11(9-17)14-16-13(15)12-5-4-10(2)8-18(12)14/h10-11H,3-9H2,1-2H3. The summed E-state index contributed by atoms with van der Waals surface area (Å²) in [6, 6.07) is 0. The second-order valence-electron chi connectivity index (χ2n) is 5.84. The summed E-state index contributed by atoms with van der Waals surface area (Å²) in [5, 5.41) is 0.756. The normalized spacial score (nSPS) is 28.6. The smallest absolute Gasteiger partial charge is 0.150 e. The molecule has 1 fully saturated rings. The van der Waals surface area contributed by atoms with Gasteiger partial charge in [-0.1, -0.05) is 25.4 Å². The fourth-order valence-corrected chi connectivity index (χ4v) is 3.63. The molecule has 2 aliphatic rings. The topological polar surface area (TPSA) is 21.1 Å². The van der Waals surface area contributed by atoms with Gasteiger partial charge in [-0.15, -0.1) is 0 Å². The van der Waals surface area contributed by atoms with E-state index in [9.17, 15) is 0 Å². The van der Waals surface area contributed by atoms with Gasteiger partial charge in [-0.3, -0.25) is 0 Å². The quantitative estimate of drug-likeness (QED) is 0.822. The van der Waals surface area contributed by atoms with Crippen molar-refractivity contribution >= 4 is 11.6 Å². The molecule has 0 amide bonds. The Hall–Kier alpha value is -0.540. The molecule has 3 nitrogen and oxygen atoms in total. The summed E-state index contributed by atoms with van der Waals surface area (Å²) >= 11 is 6.31. The summed E-state index contributed by atoms with van der Waals surface area (Å²) < 4.78 is 2.42. The first-order valence-corrected chi connectivity index (χ1v) is 7.54. The summed E-state index contributed by atoms with van der Waals surface area (Å²) in [7, 11) is 0. The van der Waals surface area contributed by atoms with Gasteiger partial charge in [0.2, 0.25) is 0 Å². The fourth-order valence-electron chi connectivity index (χ4n) is 3.35. The van der Waals surface area contributed by atoms with E-state index < -0.39 is 0 Å². The number of fused-ring (bicyclic) bond motifs is 1. The van der Waals surface area contributed by atoms with Crippen LogP contribution in [0.2, 0.25) is 5.15 Å². The second kappa shape index (κ2) is 4.86. The number of likely N-dealkylation sites (N-methyl/N-ethyl adjacent to an activating group) is 1. The molecule has 0 aliphatic carbocycles. The molecule has 100 valence electrons. The van der Waals surface area contributed by atoms with Gasteiger partial charge in [0.1, 0.15) is 5.82 Å². The van der Waals surface area contributed by atoms with Crippen LogP contribution in [0, 0.1) is 5.92 Å². The monoisotopic (exact) mass is 267 g/mol. The van der Waals surface area contributed by atoms with E-state index in [2.05, 4.69) is 28.3 Å². The first kappa shape index (κ1) is 12.5. The van der Waals surface area contributed by atoms with Crippen molar-refractivity contribution in [2.24, 2.45) is 5.92 Å². The van der Waals surface area contributed by atoms with Crippen molar-refractivity contribution in [2.45, 2.75) is 45.6 Å². The highest BCUT2D eigenvalue weighted by atomic mass is 35.5. The molecule has 0 bridgehead atoms. The van der Waals surface area contributed by atoms with Crippen LogP contribution in [-0.4, -0.2) is 34.1 Å². The number of rotatable bonds is 2. The highest BCUT2D eigenvalue weighted by molar-refractivity contribution is 6.30.